The Bertz CT molecular complexity index is 979. The van der Waals surface area contributed by atoms with Crippen LogP contribution in [-0.2, 0) is 34.0 Å². The van der Waals surface area contributed by atoms with E-state index in [1.165, 1.54) is 4.90 Å². The smallest absolute Gasteiger partial charge is 0.438 e. The average molecular weight is 525 g/mol. The summed E-state index contributed by atoms with van der Waals surface area (Å²) >= 11 is 0. The zero-order valence-corrected chi connectivity index (χ0v) is 18.7. The van der Waals surface area contributed by atoms with Crippen LogP contribution in [0.3, 0.4) is 0 Å². The topological polar surface area (TPSA) is 127 Å². The lowest BCUT2D eigenvalue weighted by molar-refractivity contribution is -0.362. The summed E-state index contributed by atoms with van der Waals surface area (Å²) < 4.78 is 122. The molecular weight excluding hydrogens is 504 g/mol. The lowest BCUT2D eigenvalue weighted by Crippen LogP contribution is -2.64. The van der Waals surface area contributed by atoms with Crippen molar-refractivity contribution in [3.8, 4) is 0 Å². The second kappa shape index (κ2) is 7.96. The van der Waals surface area contributed by atoms with Gasteiger partial charge >= 0.3 is 29.9 Å². The average Bonchev–Trinajstić information content (AvgIpc) is 3.20. The first-order valence-electron chi connectivity index (χ1n) is 10.0. The van der Waals surface area contributed by atoms with Gasteiger partial charge in [0.05, 0.1) is 17.9 Å². The Kier molecular flexibility index (Phi) is 6.21. The number of carbonyl (C=O) groups excluding carboxylic acids is 3. The zero-order valence-electron chi connectivity index (χ0n) is 17.9. The van der Waals surface area contributed by atoms with Crippen LogP contribution in [0.5, 0.6) is 0 Å². The highest BCUT2D eigenvalue weighted by Crippen LogP contribution is 2.61. The van der Waals surface area contributed by atoms with Crippen LogP contribution in [-0.4, -0.2) is 77.6 Å². The number of halogens is 6. The molecule has 0 aromatic heterocycles. The number of carbonyl (C=O) groups is 3. The van der Waals surface area contributed by atoms with Gasteiger partial charge in [0.2, 0.25) is 5.91 Å². The van der Waals surface area contributed by atoms with E-state index in [-0.39, 0.29) is 6.42 Å². The molecule has 2 aliphatic carbocycles. The number of hydrogen-bond donors (Lipinski definition) is 1. The molecule has 194 valence electrons. The molecule has 34 heavy (non-hydrogen) atoms. The van der Waals surface area contributed by atoms with Crippen molar-refractivity contribution in [1.82, 2.24) is 4.90 Å². The van der Waals surface area contributed by atoms with Gasteiger partial charge < -0.3 is 14.4 Å². The molecule has 1 N–H and O–H groups in total. The van der Waals surface area contributed by atoms with Gasteiger partial charge in [-0.2, -0.15) is 34.8 Å². The number of fused-ring (bicyclic) bond motifs is 1. The Morgan fingerprint density at radius 2 is 1.65 bits per heavy atom. The minimum atomic E-state index is -6.49. The summed E-state index contributed by atoms with van der Waals surface area (Å²) in [4.78, 5) is 38.7. The summed E-state index contributed by atoms with van der Waals surface area (Å²) in [6.07, 6.45) is -14.2. The number of alkyl halides is 6. The number of ether oxygens (including phenoxy) is 2. The molecule has 0 aromatic carbocycles. The largest absolute Gasteiger partial charge is 0.460 e. The molecule has 2 bridgehead atoms. The second-order valence-corrected chi connectivity index (χ2v) is 10.4. The second-order valence-electron chi connectivity index (χ2n) is 8.99. The number of likely N-dealkylation sites (tertiary alicyclic amines) is 1. The van der Waals surface area contributed by atoms with Crippen molar-refractivity contribution in [3.05, 3.63) is 0 Å². The van der Waals surface area contributed by atoms with E-state index in [2.05, 4.69) is 4.74 Å². The van der Waals surface area contributed by atoms with Crippen molar-refractivity contribution < 1.29 is 63.2 Å². The monoisotopic (exact) mass is 525 g/mol. The van der Waals surface area contributed by atoms with Crippen molar-refractivity contribution in [1.29, 1.82) is 0 Å². The van der Waals surface area contributed by atoms with Gasteiger partial charge in [0.15, 0.2) is 0 Å². The summed E-state index contributed by atoms with van der Waals surface area (Å²) in [7, 11) is -5.96. The van der Waals surface area contributed by atoms with E-state index in [1.54, 1.807) is 13.8 Å². The standard InChI is InChI=1S/C18H21F6NO8S/c1-6(2)25-12-8-4-9(13(12)32-7(3)26)11(10(8)14(25)27)15(28)33-16(17(19,20)21,18(22,23)24)5-34(29,30)31/h6,8-13H,4-5H2,1-3H3,(H,29,30,31). The van der Waals surface area contributed by atoms with E-state index in [1.807, 2.05) is 0 Å². The molecule has 3 rings (SSSR count). The third kappa shape index (κ3) is 4.01. The summed E-state index contributed by atoms with van der Waals surface area (Å²) in [6.45, 7) is 4.20. The lowest BCUT2D eigenvalue weighted by atomic mass is 9.78. The Hall–Kier alpha value is -2.10. The minimum Gasteiger partial charge on any atom is -0.460 e. The van der Waals surface area contributed by atoms with E-state index in [0.717, 1.165) is 6.92 Å². The van der Waals surface area contributed by atoms with Gasteiger partial charge in [0.25, 0.3) is 10.1 Å². The van der Waals surface area contributed by atoms with Gasteiger partial charge in [0, 0.05) is 18.9 Å². The molecule has 0 spiro atoms. The van der Waals surface area contributed by atoms with Crippen molar-refractivity contribution >= 4 is 28.0 Å². The van der Waals surface area contributed by atoms with Gasteiger partial charge in [-0.3, -0.25) is 18.9 Å². The van der Waals surface area contributed by atoms with E-state index in [0.29, 0.717) is 0 Å². The number of rotatable bonds is 6. The highest BCUT2D eigenvalue weighted by molar-refractivity contribution is 7.85. The number of hydrogen-bond acceptors (Lipinski definition) is 7. The number of nitrogens with zero attached hydrogens (tertiary/aromatic N) is 1. The van der Waals surface area contributed by atoms with Crippen molar-refractivity contribution in [3.63, 3.8) is 0 Å². The Labute approximate surface area is 189 Å². The molecule has 6 unspecified atom stereocenters. The molecule has 9 nitrogen and oxygen atoms in total. The van der Waals surface area contributed by atoms with Crippen LogP contribution in [0.2, 0.25) is 0 Å². The fourth-order valence-corrected chi connectivity index (χ4v) is 6.48. The number of amides is 1. The molecule has 0 aromatic rings. The van der Waals surface area contributed by atoms with Crippen LogP contribution >= 0.6 is 0 Å². The number of esters is 2. The molecule has 1 heterocycles. The van der Waals surface area contributed by atoms with Crippen LogP contribution in [0.4, 0.5) is 26.3 Å². The van der Waals surface area contributed by atoms with Gasteiger partial charge in [-0.15, -0.1) is 0 Å². The van der Waals surface area contributed by atoms with Crippen LogP contribution in [0.15, 0.2) is 0 Å². The van der Waals surface area contributed by atoms with E-state index in [9.17, 15) is 49.1 Å². The minimum absolute atomic E-state index is 0.00859. The maximum absolute atomic E-state index is 13.6. The highest BCUT2D eigenvalue weighted by Gasteiger charge is 2.78. The van der Waals surface area contributed by atoms with E-state index < -0.39 is 93.5 Å². The summed E-state index contributed by atoms with van der Waals surface area (Å²) in [6, 6.07) is -1.20. The zero-order chi connectivity index (χ0) is 26.2. The third-order valence-corrected chi connectivity index (χ3v) is 7.39. The first-order chi connectivity index (χ1) is 15.2. The lowest BCUT2D eigenvalue weighted by Gasteiger charge is -2.38. The first kappa shape index (κ1) is 26.5. The summed E-state index contributed by atoms with van der Waals surface area (Å²) in [5.41, 5.74) is -5.58. The van der Waals surface area contributed by atoms with Gasteiger partial charge in [-0.1, -0.05) is 0 Å². The Balaban J connectivity index is 2.06. The SMILES string of the molecule is CC(=O)OC1C2CC3C(C(=O)N(C(C)C)C31)C2C(=O)OC(CS(=O)(=O)O)(C(F)(F)F)C(F)(F)F. The first-order valence-corrected chi connectivity index (χ1v) is 11.7. The molecule has 16 heteroatoms. The Morgan fingerprint density at radius 3 is 2.06 bits per heavy atom. The fraction of sp³-hybridized carbons (Fsp3) is 0.833. The maximum atomic E-state index is 13.6. The van der Waals surface area contributed by atoms with E-state index >= 15 is 0 Å². The maximum Gasteiger partial charge on any atom is 0.438 e. The van der Waals surface area contributed by atoms with Gasteiger partial charge in [-0.05, 0) is 26.2 Å². The molecule has 0 radical (unpaired) electrons. The molecule has 3 aliphatic rings. The molecule has 1 saturated heterocycles. The normalized spacial score (nSPS) is 31.4. The van der Waals surface area contributed by atoms with Crippen LogP contribution in [0.1, 0.15) is 27.2 Å². The summed E-state index contributed by atoms with van der Waals surface area (Å²) in [5, 5.41) is 0. The fourth-order valence-electron chi connectivity index (χ4n) is 5.58. The molecule has 6 atom stereocenters. The Morgan fingerprint density at radius 1 is 1.12 bits per heavy atom. The third-order valence-electron chi connectivity index (χ3n) is 6.62. The molecule has 2 saturated carbocycles. The van der Waals surface area contributed by atoms with Gasteiger partial charge in [0.1, 0.15) is 11.9 Å². The molecule has 1 aliphatic heterocycles. The van der Waals surface area contributed by atoms with Crippen LogP contribution < -0.4 is 0 Å². The highest BCUT2D eigenvalue weighted by atomic mass is 32.2. The van der Waals surface area contributed by atoms with Crippen LogP contribution in [0, 0.1) is 23.7 Å². The van der Waals surface area contributed by atoms with Crippen LogP contribution in [0.25, 0.3) is 0 Å². The van der Waals surface area contributed by atoms with Crippen molar-refractivity contribution in [2.24, 2.45) is 23.7 Å². The van der Waals surface area contributed by atoms with Crippen molar-refractivity contribution in [2.75, 3.05) is 5.75 Å². The quantitative estimate of drug-likeness (QED) is 0.316. The summed E-state index contributed by atoms with van der Waals surface area (Å²) in [5.74, 6) is -11.7. The molecule has 3 fully saturated rings. The molecule has 1 amide bonds. The predicted octanol–water partition coefficient (Wildman–Crippen LogP) is 1.71. The van der Waals surface area contributed by atoms with Crippen molar-refractivity contribution in [2.45, 2.75) is 63.3 Å². The van der Waals surface area contributed by atoms with Gasteiger partial charge in [-0.25, -0.2) is 0 Å². The van der Waals surface area contributed by atoms with E-state index in [4.69, 9.17) is 9.29 Å². The predicted molar refractivity (Wildman–Crippen MR) is 97.2 cm³/mol. The molecular formula is C18H21F6NO8S.